The smallest absolute Gasteiger partial charge is 0.127 e. The molecule has 0 bridgehead atoms. The second kappa shape index (κ2) is 7.42. The fourth-order valence-corrected chi connectivity index (χ4v) is 3.45. The SMILES string of the molecule is CCCNC1CCC(C)CC1Cc1ccc(Cl)cc1F. The van der Waals surface area contributed by atoms with Gasteiger partial charge in [-0.05, 0) is 68.2 Å². The molecule has 0 saturated heterocycles. The Bertz CT molecular complexity index is 433. The summed E-state index contributed by atoms with van der Waals surface area (Å²) in [7, 11) is 0. The van der Waals surface area contributed by atoms with Gasteiger partial charge < -0.3 is 5.32 Å². The minimum atomic E-state index is -0.162. The highest BCUT2D eigenvalue weighted by Gasteiger charge is 2.28. The summed E-state index contributed by atoms with van der Waals surface area (Å²) in [5, 5.41) is 4.12. The van der Waals surface area contributed by atoms with Crippen LogP contribution in [0.3, 0.4) is 0 Å². The van der Waals surface area contributed by atoms with Gasteiger partial charge >= 0.3 is 0 Å². The van der Waals surface area contributed by atoms with Crippen molar-refractivity contribution in [1.82, 2.24) is 5.32 Å². The summed E-state index contributed by atoms with van der Waals surface area (Å²) in [6.45, 7) is 5.55. The zero-order valence-electron chi connectivity index (χ0n) is 12.5. The van der Waals surface area contributed by atoms with Crippen LogP contribution in [0.25, 0.3) is 0 Å². The zero-order valence-corrected chi connectivity index (χ0v) is 13.2. The molecule has 0 radical (unpaired) electrons. The average molecular weight is 298 g/mol. The molecule has 1 aromatic carbocycles. The van der Waals surface area contributed by atoms with Gasteiger partial charge in [-0.15, -0.1) is 0 Å². The molecule has 0 aliphatic heterocycles. The topological polar surface area (TPSA) is 12.0 Å². The summed E-state index contributed by atoms with van der Waals surface area (Å²) in [5.74, 6) is 1.11. The van der Waals surface area contributed by atoms with E-state index >= 15 is 0 Å². The van der Waals surface area contributed by atoms with Gasteiger partial charge in [0, 0.05) is 11.1 Å². The van der Waals surface area contributed by atoms with E-state index in [1.165, 1.54) is 25.3 Å². The van der Waals surface area contributed by atoms with Crippen molar-refractivity contribution in [1.29, 1.82) is 0 Å². The van der Waals surface area contributed by atoms with Crippen LogP contribution in [0.15, 0.2) is 18.2 Å². The van der Waals surface area contributed by atoms with E-state index in [-0.39, 0.29) is 5.82 Å². The maximum Gasteiger partial charge on any atom is 0.127 e. The number of hydrogen-bond acceptors (Lipinski definition) is 1. The van der Waals surface area contributed by atoms with Crippen molar-refractivity contribution >= 4 is 11.6 Å². The van der Waals surface area contributed by atoms with Crippen LogP contribution in [0.5, 0.6) is 0 Å². The van der Waals surface area contributed by atoms with Gasteiger partial charge in [0.1, 0.15) is 5.82 Å². The average Bonchev–Trinajstić information content (AvgIpc) is 2.41. The highest BCUT2D eigenvalue weighted by molar-refractivity contribution is 6.30. The van der Waals surface area contributed by atoms with Crippen molar-refractivity contribution in [3.8, 4) is 0 Å². The van der Waals surface area contributed by atoms with Gasteiger partial charge in [-0.2, -0.15) is 0 Å². The fraction of sp³-hybridized carbons (Fsp3) is 0.647. The summed E-state index contributed by atoms with van der Waals surface area (Å²) in [5.41, 5.74) is 0.803. The lowest BCUT2D eigenvalue weighted by molar-refractivity contribution is 0.211. The maximum atomic E-state index is 14.0. The molecule has 1 nitrogen and oxygen atoms in total. The number of rotatable bonds is 5. The number of halogens is 2. The molecule has 1 aliphatic rings. The van der Waals surface area contributed by atoms with Crippen molar-refractivity contribution < 1.29 is 4.39 Å². The number of nitrogens with one attached hydrogen (secondary N) is 1. The molecule has 0 spiro atoms. The molecule has 2 rings (SSSR count). The van der Waals surface area contributed by atoms with E-state index in [4.69, 9.17) is 11.6 Å². The van der Waals surface area contributed by atoms with E-state index in [1.54, 1.807) is 6.07 Å². The predicted octanol–water partition coefficient (Wildman–Crippen LogP) is 4.83. The Morgan fingerprint density at radius 3 is 2.85 bits per heavy atom. The Labute approximate surface area is 126 Å². The summed E-state index contributed by atoms with van der Waals surface area (Å²) in [6.07, 6.45) is 5.63. The van der Waals surface area contributed by atoms with Gasteiger partial charge in [0.15, 0.2) is 0 Å². The van der Waals surface area contributed by atoms with Crippen molar-refractivity contribution in [3.05, 3.63) is 34.6 Å². The highest BCUT2D eigenvalue weighted by Crippen LogP contribution is 2.32. The van der Waals surface area contributed by atoms with Crippen LogP contribution in [0.1, 0.15) is 45.1 Å². The molecule has 0 aromatic heterocycles. The second-order valence-electron chi connectivity index (χ2n) is 6.18. The summed E-state index contributed by atoms with van der Waals surface area (Å²) < 4.78 is 14.0. The molecule has 1 saturated carbocycles. The number of benzene rings is 1. The number of hydrogen-bond donors (Lipinski definition) is 1. The third-order valence-electron chi connectivity index (χ3n) is 4.40. The third-order valence-corrected chi connectivity index (χ3v) is 4.63. The van der Waals surface area contributed by atoms with Gasteiger partial charge in [-0.25, -0.2) is 4.39 Å². The second-order valence-corrected chi connectivity index (χ2v) is 6.62. The van der Waals surface area contributed by atoms with E-state index in [0.717, 1.165) is 30.9 Å². The Morgan fingerprint density at radius 1 is 1.35 bits per heavy atom. The molecular formula is C17H25ClFN. The molecule has 3 heteroatoms. The Kier molecular flexibility index (Phi) is 5.86. The van der Waals surface area contributed by atoms with Crippen LogP contribution in [0, 0.1) is 17.7 Å². The molecule has 112 valence electrons. The van der Waals surface area contributed by atoms with E-state index in [0.29, 0.717) is 17.0 Å². The van der Waals surface area contributed by atoms with Crippen LogP contribution < -0.4 is 5.32 Å². The fourth-order valence-electron chi connectivity index (χ4n) is 3.29. The van der Waals surface area contributed by atoms with Crippen LogP contribution in [-0.2, 0) is 6.42 Å². The Hall–Kier alpha value is -0.600. The van der Waals surface area contributed by atoms with Crippen LogP contribution in [0.4, 0.5) is 4.39 Å². The largest absolute Gasteiger partial charge is 0.314 e. The molecule has 0 heterocycles. The summed E-state index contributed by atoms with van der Waals surface area (Å²) in [6, 6.07) is 5.59. The standard InChI is InChI=1S/C17H25ClFN/c1-3-8-20-17-7-4-12(2)9-14(17)10-13-5-6-15(18)11-16(13)19/h5-6,11-12,14,17,20H,3-4,7-10H2,1-2H3. The molecule has 1 aliphatic carbocycles. The lowest BCUT2D eigenvalue weighted by atomic mass is 9.76. The quantitative estimate of drug-likeness (QED) is 0.821. The van der Waals surface area contributed by atoms with E-state index in [1.807, 2.05) is 6.07 Å². The van der Waals surface area contributed by atoms with E-state index in [2.05, 4.69) is 19.2 Å². The first-order valence-electron chi connectivity index (χ1n) is 7.77. The minimum Gasteiger partial charge on any atom is -0.314 e. The van der Waals surface area contributed by atoms with E-state index in [9.17, 15) is 4.39 Å². The van der Waals surface area contributed by atoms with Crippen LogP contribution in [0.2, 0.25) is 5.02 Å². The predicted molar refractivity (Wildman–Crippen MR) is 83.7 cm³/mol. The highest BCUT2D eigenvalue weighted by atomic mass is 35.5. The van der Waals surface area contributed by atoms with Gasteiger partial charge in [0.25, 0.3) is 0 Å². The first-order valence-corrected chi connectivity index (χ1v) is 8.15. The van der Waals surface area contributed by atoms with Crippen molar-refractivity contribution in [3.63, 3.8) is 0 Å². The third kappa shape index (κ3) is 4.20. The molecule has 1 aromatic rings. The monoisotopic (exact) mass is 297 g/mol. The Balaban J connectivity index is 2.06. The van der Waals surface area contributed by atoms with Gasteiger partial charge in [-0.3, -0.25) is 0 Å². The van der Waals surface area contributed by atoms with Gasteiger partial charge in [-0.1, -0.05) is 31.5 Å². The molecule has 3 atom stereocenters. The summed E-state index contributed by atoms with van der Waals surface area (Å²) in [4.78, 5) is 0. The van der Waals surface area contributed by atoms with Crippen molar-refractivity contribution in [2.75, 3.05) is 6.54 Å². The van der Waals surface area contributed by atoms with E-state index < -0.39 is 0 Å². The lowest BCUT2D eigenvalue weighted by Gasteiger charge is -2.36. The first-order chi connectivity index (χ1) is 9.60. The van der Waals surface area contributed by atoms with Crippen LogP contribution >= 0.6 is 11.6 Å². The molecule has 20 heavy (non-hydrogen) atoms. The normalized spacial score (nSPS) is 26.7. The van der Waals surface area contributed by atoms with Crippen molar-refractivity contribution in [2.45, 2.75) is 52.0 Å². The molecule has 1 fully saturated rings. The molecule has 3 unspecified atom stereocenters. The van der Waals surface area contributed by atoms with Gasteiger partial charge in [0.05, 0.1) is 0 Å². The zero-order chi connectivity index (χ0) is 14.5. The first kappa shape index (κ1) is 15.8. The lowest BCUT2D eigenvalue weighted by Crippen LogP contribution is -2.41. The van der Waals surface area contributed by atoms with Gasteiger partial charge in [0.2, 0.25) is 0 Å². The molecule has 1 N–H and O–H groups in total. The molecule has 0 amide bonds. The Morgan fingerprint density at radius 2 is 2.15 bits per heavy atom. The molecular weight excluding hydrogens is 273 g/mol. The van der Waals surface area contributed by atoms with Crippen molar-refractivity contribution in [2.24, 2.45) is 11.8 Å². The van der Waals surface area contributed by atoms with Crippen LogP contribution in [-0.4, -0.2) is 12.6 Å². The maximum absolute atomic E-state index is 14.0. The summed E-state index contributed by atoms with van der Waals surface area (Å²) >= 11 is 5.83. The minimum absolute atomic E-state index is 0.162.